The van der Waals surface area contributed by atoms with Crippen molar-refractivity contribution in [1.82, 2.24) is 0 Å². The molecule has 4 nitrogen and oxygen atoms in total. The molecule has 2 rings (SSSR count). The fourth-order valence-corrected chi connectivity index (χ4v) is 3.32. The predicted molar refractivity (Wildman–Crippen MR) is 78.1 cm³/mol. The van der Waals surface area contributed by atoms with E-state index in [0.29, 0.717) is 11.4 Å². The quantitative estimate of drug-likeness (QED) is 0.853. The third kappa shape index (κ3) is 3.12. The second kappa shape index (κ2) is 5.28. The Hall–Kier alpha value is -1.43. The molecule has 0 spiro atoms. The molecule has 0 radical (unpaired) electrons. The molecule has 0 aliphatic rings. The van der Waals surface area contributed by atoms with Crippen LogP contribution < -0.4 is 10.5 Å². The average molecular weight is 317 g/mol. The summed E-state index contributed by atoms with van der Waals surface area (Å²) in [5.41, 5.74) is 6.30. The van der Waals surface area contributed by atoms with Crippen molar-refractivity contribution < 1.29 is 8.42 Å². The van der Waals surface area contributed by atoms with Gasteiger partial charge < -0.3 is 5.73 Å². The lowest BCUT2D eigenvalue weighted by Crippen LogP contribution is -2.14. The second-order valence-corrected chi connectivity index (χ2v) is 6.26. The lowest BCUT2D eigenvalue weighted by Gasteiger charge is -2.11. The number of halogens is 2. The highest BCUT2D eigenvalue weighted by molar-refractivity contribution is 7.92. The molecule has 2 aromatic rings. The van der Waals surface area contributed by atoms with E-state index in [9.17, 15) is 8.42 Å². The monoisotopic (exact) mass is 316 g/mol. The maximum Gasteiger partial charge on any atom is 0.263 e. The van der Waals surface area contributed by atoms with Crippen LogP contribution in [0.5, 0.6) is 0 Å². The van der Waals surface area contributed by atoms with Gasteiger partial charge in [-0.2, -0.15) is 0 Å². The van der Waals surface area contributed by atoms with E-state index in [4.69, 9.17) is 28.9 Å². The van der Waals surface area contributed by atoms with Gasteiger partial charge >= 0.3 is 0 Å². The molecule has 0 aromatic heterocycles. The first kappa shape index (κ1) is 14.0. The van der Waals surface area contributed by atoms with E-state index in [2.05, 4.69) is 4.72 Å². The summed E-state index contributed by atoms with van der Waals surface area (Å²) in [5.74, 6) is 0. The molecule has 100 valence electrons. The van der Waals surface area contributed by atoms with Gasteiger partial charge in [-0.05, 0) is 30.3 Å². The molecule has 0 saturated carbocycles. The molecule has 3 N–H and O–H groups in total. The van der Waals surface area contributed by atoms with E-state index in [1.807, 2.05) is 0 Å². The van der Waals surface area contributed by atoms with Crippen LogP contribution >= 0.6 is 23.2 Å². The Kier molecular flexibility index (Phi) is 3.89. The van der Waals surface area contributed by atoms with Gasteiger partial charge in [-0.25, -0.2) is 8.42 Å². The number of sulfonamides is 1. The van der Waals surface area contributed by atoms with Crippen molar-refractivity contribution >= 4 is 44.6 Å². The van der Waals surface area contributed by atoms with Gasteiger partial charge in [0.15, 0.2) is 0 Å². The molecule has 19 heavy (non-hydrogen) atoms. The van der Waals surface area contributed by atoms with Crippen molar-refractivity contribution in [2.45, 2.75) is 4.90 Å². The van der Waals surface area contributed by atoms with Crippen molar-refractivity contribution in [3.05, 3.63) is 52.5 Å². The van der Waals surface area contributed by atoms with Crippen molar-refractivity contribution in [1.29, 1.82) is 0 Å². The minimum absolute atomic E-state index is 0.0893. The molecule has 0 aliphatic carbocycles. The number of anilines is 2. The molecular formula is C12H10Cl2N2O2S. The number of para-hydroxylation sites is 2. The lowest BCUT2D eigenvalue weighted by atomic mass is 10.3. The zero-order chi connectivity index (χ0) is 14.0. The van der Waals surface area contributed by atoms with Crippen LogP contribution in [0, 0.1) is 0 Å². The molecule has 0 fully saturated rings. The number of benzene rings is 2. The third-order valence-electron chi connectivity index (χ3n) is 2.39. The Balaban J connectivity index is 2.44. The summed E-state index contributed by atoms with van der Waals surface area (Å²) in [7, 11) is -3.84. The van der Waals surface area contributed by atoms with Gasteiger partial charge in [0, 0.05) is 5.02 Å². The summed E-state index contributed by atoms with van der Waals surface area (Å²) in [6.07, 6.45) is 0. The Morgan fingerprint density at radius 1 is 1.05 bits per heavy atom. The minimum atomic E-state index is -3.84. The van der Waals surface area contributed by atoms with Crippen molar-refractivity contribution in [2.24, 2.45) is 0 Å². The van der Waals surface area contributed by atoms with E-state index < -0.39 is 10.0 Å². The largest absolute Gasteiger partial charge is 0.397 e. The van der Waals surface area contributed by atoms with E-state index >= 15 is 0 Å². The second-order valence-electron chi connectivity index (χ2n) is 3.77. The highest BCUT2D eigenvalue weighted by Gasteiger charge is 2.19. The molecule has 0 aliphatic heterocycles. The number of rotatable bonds is 3. The van der Waals surface area contributed by atoms with Crippen LogP contribution in [0.15, 0.2) is 47.4 Å². The molecule has 0 atom stereocenters. The van der Waals surface area contributed by atoms with Crippen LogP contribution in [0.25, 0.3) is 0 Å². The summed E-state index contributed by atoms with van der Waals surface area (Å²) in [4.78, 5) is -0.0927. The molecule has 2 aromatic carbocycles. The predicted octanol–water partition coefficient (Wildman–Crippen LogP) is 3.38. The number of hydrogen-bond donors (Lipinski definition) is 2. The number of nitrogens with two attached hydrogens (primary N) is 1. The minimum Gasteiger partial charge on any atom is -0.397 e. The molecule has 0 amide bonds. The highest BCUT2D eigenvalue weighted by atomic mass is 35.5. The summed E-state index contributed by atoms with van der Waals surface area (Å²) in [6, 6.07) is 10.8. The first-order valence-electron chi connectivity index (χ1n) is 5.22. The van der Waals surface area contributed by atoms with Crippen molar-refractivity contribution in [2.75, 3.05) is 10.5 Å². The molecule has 0 saturated heterocycles. The van der Waals surface area contributed by atoms with Crippen LogP contribution in [-0.2, 0) is 10.0 Å². The maximum atomic E-state index is 12.2. The first-order valence-corrected chi connectivity index (χ1v) is 7.46. The van der Waals surface area contributed by atoms with Gasteiger partial charge in [-0.3, -0.25) is 4.72 Å². The normalized spacial score (nSPS) is 11.3. The summed E-state index contributed by atoms with van der Waals surface area (Å²) < 4.78 is 26.8. The fourth-order valence-electron chi connectivity index (χ4n) is 1.47. The van der Waals surface area contributed by atoms with Gasteiger partial charge in [0.2, 0.25) is 0 Å². The third-order valence-corrected chi connectivity index (χ3v) is 4.47. The SMILES string of the molecule is Nc1ccccc1NS(=O)(=O)c1cc(Cl)ccc1Cl. The molecule has 0 unspecified atom stereocenters. The van der Waals surface area contributed by atoms with Gasteiger partial charge in [0.1, 0.15) is 4.90 Å². The number of nitrogen functional groups attached to an aromatic ring is 1. The van der Waals surface area contributed by atoms with Crippen LogP contribution in [0.3, 0.4) is 0 Å². The van der Waals surface area contributed by atoms with Gasteiger partial charge in [-0.1, -0.05) is 35.3 Å². The Morgan fingerprint density at radius 2 is 1.74 bits per heavy atom. The summed E-state index contributed by atoms with van der Waals surface area (Å²) >= 11 is 11.7. The Morgan fingerprint density at radius 3 is 2.42 bits per heavy atom. The Bertz CT molecular complexity index is 717. The van der Waals surface area contributed by atoms with Crippen LogP contribution in [-0.4, -0.2) is 8.42 Å². The molecule has 7 heteroatoms. The maximum absolute atomic E-state index is 12.2. The number of nitrogens with one attached hydrogen (secondary N) is 1. The topological polar surface area (TPSA) is 72.2 Å². The molecular weight excluding hydrogens is 307 g/mol. The average Bonchev–Trinajstić information content (AvgIpc) is 2.35. The van der Waals surface area contributed by atoms with Gasteiger partial charge in [0.05, 0.1) is 16.4 Å². The standard InChI is InChI=1S/C12H10Cl2N2O2S/c13-8-5-6-9(14)12(7-8)19(17,18)16-11-4-2-1-3-10(11)15/h1-7,16H,15H2. The van der Waals surface area contributed by atoms with E-state index in [1.54, 1.807) is 24.3 Å². The van der Waals surface area contributed by atoms with Crippen molar-refractivity contribution in [3.63, 3.8) is 0 Å². The van der Waals surface area contributed by atoms with Gasteiger partial charge in [-0.15, -0.1) is 0 Å². The molecule has 0 bridgehead atoms. The fraction of sp³-hybridized carbons (Fsp3) is 0. The van der Waals surface area contributed by atoms with Gasteiger partial charge in [0.25, 0.3) is 10.0 Å². The van der Waals surface area contributed by atoms with Crippen LogP contribution in [0.1, 0.15) is 0 Å². The van der Waals surface area contributed by atoms with Crippen LogP contribution in [0.2, 0.25) is 10.0 Å². The Labute approximate surface area is 121 Å². The summed E-state index contributed by atoms with van der Waals surface area (Å²) in [6.45, 7) is 0. The highest BCUT2D eigenvalue weighted by Crippen LogP contribution is 2.28. The zero-order valence-corrected chi connectivity index (χ0v) is 11.9. The smallest absolute Gasteiger partial charge is 0.263 e. The summed E-state index contributed by atoms with van der Waals surface area (Å²) in [5, 5.41) is 0.372. The zero-order valence-electron chi connectivity index (χ0n) is 9.60. The lowest BCUT2D eigenvalue weighted by molar-refractivity contribution is 0.601. The first-order chi connectivity index (χ1) is 8.90. The van der Waals surface area contributed by atoms with E-state index in [-0.39, 0.29) is 14.9 Å². The number of hydrogen-bond acceptors (Lipinski definition) is 3. The van der Waals surface area contributed by atoms with E-state index in [1.165, 1.54) is 18.2 Å². The van der Waals surface area contributed by atoms with Crippen molar-refractivity contribution in [3.8, 4) is 0 Å². The van der Waals surface area contributed by atoms with E-state index in [0.717, 1.165) is 0 Å². The molecule has 0 heterocycles. The van der Waals surface area contributed by atoms with Crippen LogP contribution in [0.4, 0.5) is 11.4 Å².